The molecule has 0 unspecified atom stereocenters. The van der Waals surface area contributed by atoms with Crippen LogP contribution in [-0.2, 0) is 11.3 Å². The lowest BCUT2D eigenvalue weighted by molar-refractivity contribution is 0.0600. The molecule has 0 bridgehead atoms. The number of esters is 1. The van der Waals surface area contributed by atoms with Crippen LogP contribution < -0.4 is 10.5 Å². The number of ketones is 1. The fraction of sp³-hybridized carbons (Fsp3) is 0.267. The number of benzene rings is 1. The van der Waals surface area contributed by atoms with Gasteiger partial charge in [0.15, 0.2) is 5.78 Å². The van der Waals surface area contributed by atoms with Crippen LogP contribution in [0.3, 0.4) is 0 Å². The first-order valence-electron chi connectivity index (χ1n) is 6.55. The quantitative estimate of drug-likeness (QED) is 0.664. The molecule has 0 aliphatic carbocycles. The Labute approximate surface area is 127 Å². The molecular weight excluding hydrogens is 286 g/mol. The van der Waals surface area contributed by atoms with Gasteiger partial charge in [0, 0.05) is 12.5 Å². The molecule has 22 heavy (non-hydrogen) atoms. The first-order valence-corrected chi connectivity index (χ1v) is 6.55. The monoisotopic (exact) mass is 303 g/mol. The van der Waals surface area contributed by atoms with Crippen LogP contribution in [0.15, 0.2) is 24.4 Å². The number of carbonyl (C=O) groups is 2. The maximum atomic E-state index is 11.6. The van der Waals surface area contributed by atoms with E-state index in [0.717, 1.165) is 5.56 Å². The Kier molecular flexibility index (Phi) is 4.45. The van der Waals surface area contributed by atoms with Crippen molar-refractivity contribution in [3.05, 3.63) is 41.2 Å². The summed E-state index contributed by atoms with van der Waals surface area (Å²) in [7, 11) is 2.82. The standard InChI is InChI=1S/C15H17N3O4/c1-9(19)14-12(16)7-17-18(14)8-11-5-4-10(15(20)22-3)6-13(11)21-2/h4-7H,8,16H2,1-3H3. The van der Waals surface area contributed by atoms with Gasteiger partial charge in [-0.3, -0.25) is 9.48 Å². The lowest BCUT2D eigenvalue weighted by Crippen LogP contribution is -2.12. The number of ether oxygens (including phenoxy) is 2. The second-order valence-corrected chi connectivity index (χ2v) is 4.68. The Bertz CT molecular complexity index is 722. The smallest absolute Gasteiger partial charge is 0.337 e. The number of methoxy groups -OCH3 is 2. The molecular formula is C15H17N3O4. The number of carbonyl (C=O) groups excluding carboxylic acids is 2. The molecule has 0 radical (unpaired) electrons. The summed E-state index contributed by atoms with van der Waals surface area (Å²) in [5, 5.41) is 4.11. The van der Waals surface area contributed by atoms with E-state index in [1.807, 2.05) is 0 Å². The van der Waals surface area contributed by atoms with E-state index in [2.05, 4.69) is 9.84 Å². The second-order valence-electron chi connectivity index (χ2n) is 4.68. The summed E-state index contributed by atoms with van der Waals surface area (Å²) in [6.07, 6.45) is 1.44. The average molecular weight is 303 g/mol. The van der Waals surface area contributed by atoms with Crippen molar-refractivity contribution in [2.45, 2.75) is 13.5 Å². The van der Waals surface area contributed by atoms with Crippen LogP contribution in [0.5, 0.6) is 5.75 Å². The Balaban J connectivity index is 2.38. The highest BCUT2D eigenvalue weighted by Crippen LogP contribution is 2.23. The first kappa shape index (κ1) is 15.6. The van der Waals surface area contributed by atoms with Gasteiger partial charge in [-0.05, 0) is 12.1 Å². The molecule has 2 aromatic rings. The van der Waals surface area contributed by atoms with Gasteiger partial charge in [0.1, 0.15) is 11.4 Å². The average Bonchev–Trinajstić information content (AvgIpc) is 2.87. The Morgan fingerprint density at radius 1 is 1.32 bits per heavy atom. The third-order valence-electron chi connectivity index (χ3n) is 3.23. The van der Waals surface area contributed by atoms with E-state index >= 15 is 0 Å². The molecule has 1 heterocycles. The number of nitrogen functional groups attached to an aromatic ring is 1. The molecule has 1 aromatic heterocycles. The van der Waals surface area contributed by atoms with Crippen LogP contribution in [0.25, 0.3) is 0 Å². The maximum Gasteiger partial charge on any atom is 0.337 e. The highest BCUT2D eigenvalue weighted by molar-refractivity contribution is 5.97. The van der Waals surface area contributed by atoms with Crippen LogP contribution in [-0.4, -0.2) is 35.8 Å². The number of aromatic nitrogens is 2. The zero-order chi connectivity index (χ0) is 16.3. The van der Waals surface area contributed by atoms with E-state index in [9.17, 15) is 9.59 Å². The normalized spacial score (nSPS) is 10.3. The highest BCUT2D eigenvalue weighted by Gasteiger charge is 2.16. The van der Waals surface area contributed by atoms with Crippen molar-refractivity contribution in [1.82, 2.24) is 9.78 Å². The number of Topliss-reactive ketones (excluding diaryl/α,β-unsaturated/α-hetero) is 1. The van der Waals surface area contributed by atoms with Crippen molar-refractivity contribution >= 4 is 17.4 Å². The minimum atomic E-state index is -0.447. The summed E-state index contributed by atoms with van der Waals surface area (Å²) in [6.45, 7) is 1.73. The maximum absolute atomic E-state index is 11.6. The molecule has 0 spiro atoms. The van der Waals surface area contributed by atoms with Crippen LogP contribution in [0.2, 0.25) is 0 Å². The van der Waals surface area contributed by atoms with Crippen molar-refractivity contribution in [3.8, 4) is 5.75 Å². The van der Waals surface area contributed by atoms with Gasteiger partial charge < -0.3 is 15.2 Å². The minimum absolute atomic E-state index is 0.167. The number of hydrogen-bond acceptors (Lipinski definition) is 6. The molecule has 7 heteroatoms. The summed E-state index contributed by atoms with van der Waals surface area (Å²) >= 11 is 0. The van der Waals surface area contributed by atoms with Gasteiger partial charge in [0.2, 0.25) is 0 Å². The van der Waals surface area contributed by atoms with E-state index in [-0.39, 0.29) is 5.78 Å². The molecule has 2 rings (SSSR count). The van der Waals surface area contributed by atoms with Crippen LogP contribution in [0.4, 0.5) is 5.69 Å². The summed E-state index contributed by atoms with van der Waals surface area (Å²) in [5.74, 6) is -0.107. The number of nitrogens with two attached hydrogens (primary N) is 1. The van der Waals surface area contributed by atoms with Gasteiger partial charge in [0.25, 0.3) is 0 Å². The molecule has 0 fully saturated rings. The third kappa shape index (κ3) is 2.93. The summed E-state index contributed by atoms with van der Waals surface area (Å²) in [4.78, 5) is 23.2. The molecule has 7 nitrogen and oxygen atoms in total. The predicted octanol–water partition coefficient (Wildman–Crippen LogP) is 1.51. The number of rotatable bonds is 5. The number of hydrogen-bond donors (Lipinski definition) is 1. The molecule has 0 aliphatic rings. The molecule has 116 valence electrons. The van der Waals surface area contributed by atoms with E-state index in [1.54, 1.807) is 18.2 Å². The Morgan fingerprint density at radius 3 is 2.64 bits per heavy atom. The van der Waals surface area contributed by atoms with E-state index in [0.29, 0.717) is 29.2 Å². The molecule has 1 aromatic carbocycles. The molecule has 0 saturated heterocycles. The van der Waals surface area contributed by atoms with Crippen LogP contribution >= 0.6 is 0 Å². The highest BCUT2D eigenvalue weighted by atomic mass is 16.5. The van der Waals surface area contributed by atoms with Crippen LogP contribution in [0, 0.1) is 0 Å². The lowest BCUT2D eigenvalue weighted by Gasteiger charge is -2.11. The van der Waals surface area contributed by atoms with Gasteiger partial charge >= 0.3 is 5.97 Å². The van der Waals surface area contributed by atoms with E-state index in [1.165, 1.54) is 32.0 Å². The van der Waals surface area contributed by atoms with Gasteiger partial charge in [0.05, 0.1) is 38.2 Å². The first-order chi connectivity index (χ1) is 10.5. The molecule has 0 saturated carbocycles. The lowest BCUT2D eigenvalue weighted by atomic mass is 10.1. The van der Waals surface area contributed by atoms with Crippen LogP contribution in [0.1, 0.15) is 33.3 Å². The fourth-order valence-corrected chi connectivity index (χ4v) is 2.19. The minimum Gasteiger partial charge on any atom is -0.496 e. The summed E-state index contributed by atoms with van der Waals surface area (Å²) < 4.78 is 11.5. The van der Waals surface area contributed by atoms with Gasteiger partial charge in [-0.25, -0.2) is 4.79 Å². The number of nitrogens with zero attached hydrogens (tertiary/aromatic N) is 2. The second kappa shape index (κ2) is 6.30. The zero-order valence-corrected chi connectivity index (χ0v) is 12.6. The molecule has 0 aliphatic heterocycles. The largest absolute Gasteiger partial charge is 0.496 e. The Morgan fingerprint density at radius 2 is 2.05 bits per heavy atom. The molecule has 2 N–H and O–H groups in total. The van der Waals surface area contributed by atoms with Gasteiger partial charge in [-0.1, -0.05) is 6.07 Å². The van der Waals surface area contributed by atoms with E-state index < -0.39 is 5.97 Å². The SMILES string of the molecule is COC(=O)c1ccc(Cn2ncc(N)c2C(C)=O)c(OC)c1. The van der Waals surface area contributed by atoms with Crippen molar-refractivity contribution in [2.75, 3.05) is 20.0 Å². The summed E-state index contributed by atoms with van der Waals surface area (Å²) in [6, 6.07) is 4.94. The Hall–Kier alpha value is -2.83. The molecule has 0 atom stereocenters. The fourth-order valence-electron chi connectivity index (χ4n) is 2.19. The van der Waals surface area contributed by atoms with E-state index in [4.69, 9.17) is 10.5 Å². The van der Waals surface area contributed by atoms with Crippen molar-refractivity contribution in [1.29, 1.82) is 0 Å². The zero-order valence-electron chi connectivity index (χ0n) is 12.6. The van der Waals surface area contributed by atoms with Crippen molar-refractivity contribution < 1.29 is 19.1 Å². The van der Waals surface area contributed by atoms with Gasteiger partial charge in [-0.15, -0.1) is 0 Å². The topological polar surface area (TPSA) is 96.4 Å². The van der Waals surface area contributed by atoms with Crippen molar-refractivity contribution in [3.63, 3.8) is 0 Å². The third-order valence-corrected chi connectivity index (χ3v) is 3.23. The summed E-state index contributed by atoms with van der Waals surface area (Å²) in [5.41, 5.74) is 7.58. The van der Waals surface area contributed by atoms with Crippen molar-refractivity contribution in [2.24, 2.45) is 0 Å². The van der Waals surface area contributed by atoms with Gasteiger partial charge in [-0.2, -0.15) is 5.10 Å². The predicted molar refractivity (Wildman–Crippen MR) is 80.1 cm³/mol. The number of anilines is 1. The molecule has 0 amide bonds.